The summed E-state index contributed by atoms with van der Waals surface area (Å²) in [6, 6.07) is 15.5. The number of amides is 1. The molecule has 42 heavy (non-hydrogen) atoms. The van der Waals surface area contributed by atoms with Crippen molar-refractivity contribution in [1.82, 2.24) is 4.98 Å². The molecule has 0 radical (unpaired) electrons. The third-order valence-corrected chi connectivity index (χ3v) is 5.90. The number of hydrogen-bond acceptors (Lipinski definition) is 6. The molecule has 216 valence electrons. The van der Waals surface area contributed by atoms with Gasteiger partial charge in [0.05, 0.1) is 28.9 Å². The fourth-order valence-electron chi connectivity index (χ4n) is 3.92. The van der Waals surface area contributed by atoms with Crippen molar-refractivity contribution in [2.45, 2.75) is 12.4 Å². The molecule has 1 aliphatic rings. The van der Waals surface area contributed by atoms with Gasteiger partial charge in [0.1, 0.15) is 29.4 Å². The number of aromatic nitrogens is 1. The van der Waals surface area contributed by atoms with Crippen LogP contribution in [0, 0.1) is 0 Å². The minimum Gasteiger partial charge on any atom is -0.475 e. The topological polar surface area (TPSA) is 82.0 Å². The Kier molecular flexibility index (Phi) is 7.74. The van der Waals surface area contributed by atoms with E-state index >= 15 is 0 Å². The standard InChI is InChI=1S/C29H19F6N3O4/c30-28(31,32)17-5-9-19(10-6-17)41-23-13-14-36-27(42-20-11-7-18(8-12-20)29(33,34)35)24(23)25(39)38-22-4-2-1-3-21(22)26-37-15-16-40-26/h1-14H,15-16H2,(H,38,39). The molecule has 0 spiro atoms. The molecule has 0 fully saturated rings. The predicted molar refractivity (Wildman–Crippen MR) is 139 cm³/mol. The molecule has 1 aliphatic heterocycles. The van der Waals surface area contributed by atoms with E-state index in [1.54, 1.807) is 24.3 Å². The van der Waals surface area contributed by atoms with Crippen molar-refractivity contribution in [3.8, 4) is 23.1 Å². The number of para-hydroxylation sites is 1. The van der Waals surface area contributed by atoms with E-state index in [2.05, 4.69) is 15.3 Å². The van der Waals surface area contributed by atoms with Crippen LogP contribution in [0.4, 0.5) is 32.0 Å². The lowest BCUT2D eigenvalue weighted by Crippen LogP contribution is -2.17. The summed E-state index contributed by atoms with van der Waals surface area (Å²) >= 11 is 0. The van der Waals surface area contributed by atoms with Gasteiger partial charge in [-0.2, -0.15) is 26.3 Å². The monoisotopic (exact) mass is 587 g/mol. The number of halogens is 6. The number of aliphatic imine (C=N–C) groups is 1. The van der Waals surface area contributed by atoms with Crippen LogP contribution in [-0.2, 0) is 17.1 Å². The van der Waals surface area contributed by atoms with Crippen LogP contribution >= 0.6 is 0 Å². The molecule has 5 rings (SSSR count). The van der Waals surface area contributed by atoms with E-state index in [9.17, 15) is 31.1 Å². The first-order valence-electron chi connectivity index (χ1n) is 12.3. The van der Waals surface area contributed by atoms with Gasteiger partial charge in [0.25, 0.3) is 5.91 Å². The summed E-state index contributed by atoms with van der Waals surface area (Å²) in [4.78, 5) is 22.0. The zero-order valence-corrected chi connectivity index (χ0v) is 21.3. The van der Waals surface area contributed by atoms with Crippen LogP contribution < -0.4 is 14.8 Å². The Morgan fingerprint density at radius 3 is 1.95 bits per heavy atom. The summed E-state index contributed by atoms with van der Waals surface area (Å²) in [5.41, 5.74) is -1.28. The van der Waals surface area contributed by atoms with Crippen LogP contribution in [0.25, 0.3) is 0 Å². The molecular formula is C29H19F6N3O4. The second kappa shape index (κ2) is 11.4. The summed E-state index contributed by atoms with van der Waals surface area (Å²) in [5.74, 6) is -1.04. The van der Waals surface area contributed by atoms with Gasteiger partial charge < -0.3 is 19.5 Å². The molecule has 4 aromatic rings. The average Bonchev–Trinajstić information content (AvgIpc) is 3.48. The van der Waals surface area contributed by atoms with Gasteiger partial charge in [0.15, 0.2) is 0 Å². The first-order valence-corrected chi connectivity index (χ1v) is 12.3. The molecule has 1 N–H and O–H groups in total. The molecular weight excluding hydrogens is 568 g/mol. The SMILES string of the molecule is O=C(Nc1ccccc1C1=NCCO1)c1c(Oc2ccc(C(F)(F)F)cc2)ccnc1Oc1ccc(C(F)(F)F)cc1. The third kappa shape index (κ3) is 6.45. The quantitative estimate of drug-likeness (QED) is 0.224. The smallest absolute Gasteiger partial charge is 0.416 e. The van der Waals surface area contributed by atoms with Gasteiger partial charge >= 0.3 is 12.4 Å². The average molecular weight is 587 g/mol. The first kappa shape index (κ1) is 28.5. The van der Waals surface area contributed by atoms with Gasteiger partial charge in [-0.3, -0.25) is 4.79 Å². The molecule has 1 aromatic heterocycles. The summed E-state index contributed by atoms with van der Waals surface area (Å²) in [5, 5.41) is 2.72. The van der Waals surface area contributed by atoms with Gasteiger partial charge in [0, 0.05) is 12.3 Å². The van der Waals surface area contributed by atoms with E-state index in [0.29, 0.717) is 30.3 Å². The normalized spacial score (nSPS) is 13.2. The number of hydrogen-bond donors (Lipinski definition) is 1. The van der Waals surface area contributed by atoms with Crippen LogP contribution in [0.3, 0.4) is 0 Å². The second-order valence-corrected chi connectivity index (χ2v) is 8.77. The zero-order chi connectivity index (χ0) is 29.9. The largest absolute Gasteiger partial charge is 0.475 e. The number of alkyl halides is 6. The van der Waals surface area contributed by atoms with E-state index in [4.69, 9.17) is 14.2 Å². The number of benzene rings is 3. The van der Waals surface area contributed by atoms with Crippen LogP contribution in [0.15, 0.2) is 90.1 Å². The molecule has 1 amide bonds. The van der Waals surface area contributed by atoms with E-state index < -0.39 is 29.4 Å². The van der Waals surface area contributed by atoms with Crippen molar-refractivity contribution >= 4 is 17.5 Å². The third-order valence-electron chi connectivity index (χ3n) is 5.90. The van der Waals surface area contributed by atoms with Crippen molar-refractivity contribution < 1.29 is 45.3 Å². The first-order chi connectivity index (χ1) is 20.0. The lowest BCUT2D eigenvalue weighted by Gasteiger charge is -2.17. The number of carbonyl (C=O) groups is 1. The van der Waals surface area contributed by atoms with Gasteiger partial charge in [-0.15, -0.1) is 0 Å². The van der Waals surface area contributed by atoms with E-state index in [-0.39, 0.29) is 28.7 Å². The predicted octanol–water partition coefficient (Wildman–Crippen LogP) is 7.73. The fourth-order valence-corrected chi connectivity index (χ4v) is 3.92. The van der Waals surface area contributed by atoms with Crippen molar-refractivity contribution in [3.63, 3.8) is 0 Å². The lowest BCUT2D eigenvalue weighted by atomic mass is 10.1. The summed E-state index contributed by atoms with van der Waals surface area (Å²) in [6.45, 7) is 0.812. The molecule has 0 saturated heterocycles. The van der Waals surface area contributed by atoms with E-state index in [1.807, 2.05) is 0 Å². The highest BCUT2D eigenvalue weighted by Gasteiger charge is 2.31. The Balaban J connectivity index is 1.51. The van der Waals surface area contributed by atoms with Crippen molar-refractivity contribution in [1.29, 1.82) is 0 Å². The number of anilines is 1. The van der Waals surface area contributed by atoms with Crippen molar-refractivity contribution in [2.75, 3.05) is 18.5 Å². The maximum Gasteiger partial charge on any atom is 0.416 e. The number of carbonyl (C=O) groups excluding carboxylic acids is 1. The molecule has 2 heterocycles. The van der Waals surface area contributed by atoms with Gasteiger partial charge in [-0.05, 0) is 60.7 Å². The molecule has 0 saturated carbocycles. The summed E-state index contributed by atoms with van der Waals surface area (Å²) in [6.07, 6.45) is -7.92. The maximum absolute atomic E-state index is 13.7. The molecule has 3 aromatic carbocycles. The molecule has 0 atom stereocenters. The number of nitrogens with one attached hydrogen (secondary N) is 1. The number of rotatable bonds is 7. The lowest BCUT2D eigenvalue weighted by molar-refractivity contribution is -0.138. The molecule has 0 unspecified atom stereocenters. The maximum atomic E-state index is 13.7. The van der Waals surface area contributed by atoms with Gasteiger partial charge in [-0.1, -0.05) is 12.1 Å². The Morgan fingerprint density at radius 2 is 1.38 bits per heavy atom. The highest BCUT2D eigenvalue weighted by Crippen LogP contribution is 2.37. The number of nitrogens with zero attached hydrogens (tertiary/aromatic N) is 2. The van der Waals surface area contributed by atoms with Crippen LogP contribution in [0.5, 0.6) is 23.1 Å². The molecule has 0 aliphatic carbocycles. The van der Waals surface area contributed by atoms with Crippen LogP contribution in [0.2, 0.25) is 0 Å². The Morgan fingerprint density at radius 1 is 0.786 bits per heavy atom. The van der Waals surface area contributed by atoms with E-state index in [0.717, 1.165) is 48.5 Å². The van der Waals surface area contributed by atoms with Crippen LogP contribution in [0.1, 0.15) is 27.0 Å². The molecule has 13 heteroatoms. The molecule has 0 bridgehead atoms. The zero-order valence-electron chi connectivity index (χ0n) is 21.3. The highest BCUT2D eigenvalue weighted by molar-refractivity contribution is 6.11. The number of pyridine rings is 1. The van der Waals surface area contributed by atoms with E-state index in [1.165, 1.54) is 12.3 Å². The minimum absolute atomic E-state index is 0.0298. The van der Waals surface area contributed by atoms with Gasteiger partial charge in [-0.25, -0.2) is 9.98 Å². The Labute approximate surface area is 234 Å². The summed E-state index contributed by atoms with van der Waals surface area (Å²) < 4.78 is 95.1. The Hall–Kier alpha value is -5.07. The van der Waals surface area contributed by atoms with Crippen LogP contribution in [-0.4, -0.2) is 29.9 Å². The molecule has 7 nitrogen and oxygen atoms in total. The second-order valence-electron chi connectivity index (χ2n) is 8.77. The fraction of sp³-hybridized carbons (Fsp3) is 0.138. The Bertz CT molecular complexity index is 1540. The van der Waals surface area contributed by atoms with Gasteiger partial charge in [0.2, 0.25) is 11.8 Å². The van der Waals surface area contributed by atoms with Crippen molar-refractivity contribution in [2.24, 2.45) is 4.99 Å². The van der Waals surface area contributed by atoms with Crippen molar-refractivity contribution in [3.05, 3.63) is 107 Å². The minimum atomic E-state index is -4.57. The highest BCUT2D eigenvalue weighted by atomic mass is 19.4. The number of ether oxygens (including phenoxy) is 3. The summed E-state index contributed by atoms with van der Waals surface area (Å²) in [7, 11) is 0.